The maximum atomic E-state index is 12.8. The average Bonchev–Trinajstić information content (AvgIpc) is 2.30. The Balaban J connectivity index is 2.48. The first-order valence-corrected chi connectivity index (χ1v) is 6.93. The molecule has 102 valence electrons. The van der Waals surface area contributed by atoms with Crippen LogP contribution in [0.5, 0.6) is 0 Å². The Bertz CT molecular complexity index is 331. The summed E-state index contributed by atoms with van der Waals surface area (Å²) in [4.78, 5) is 0. The first-order valence-electron chi connectivity index (χ1n) is 6.93. The highest BCUT2D eigenvalue weighted by Crippen LogP contribution is 2.18. The lowest BCUT2D eigenvalue weighted by atomic mass is 9.90. The third kappa shape index (κ3) is 5.63. The van der Waals surface area contributed by atoms with E-state index in [-0.39, 0.29) is 5.82 Å². The lowest BCUT2D eigenvalue weighted by Gasteiger charge is -2.22. The summed E-state index contributed by atoms with van der Waals surface area (Å²) >= 11 is 0. The maximum absolute atomic E-state index is 12.8. The van der Waals surface area contributed by atoms with E-state index in [1.165, 1.54) is 18.4 Å². The minimum absolute atomic E-state index is 0.159. The van der Waals surface area contributed by atoms with E-state index in [1.54, 1.807) is 12.1 Å². The molecule has 0 aliphatic rings. The van der Waals surface area contributed by atoms with E-state index in [0.717, 1.165) is 18.3 Å². The van der Waals surface area contributed by atoms with Gasteiger partial charge in [0.15, 0.2) is 0 Å². The van der Waals surface area contributed by atoms with E-state index in [2.05, 4.69) is 26.1 Å². The van der Waals surface area contributed by atoms with Gasteiger partial charge in [-0.25, -0.2) is 4.39 Å². The van der Waals surface area contributed by atoms with E-state index in [9.17, 15) is 4.39 Å². The zero-order valence-corrected chi connectivity index (χ0v) is 12.0. The molecule has 0 amide bonds. The van der Waals surface area contributed by atoms with Crippen molar-refractivity contribution in [3.63, 3.8) is 0 Å². The van der Waals surface area contributed by atoms with Gasteiger partial charge in [-0.05, 0) is 55.8 Å². The van der Waals surface area contributed by atoms with Crippen LogP contribution < -0.4 is 5.32 Å². The molecule has 1 aromatic rings. The van der Waals surface area contributed by atoms with Crippen molar-refractivity contribution in [1.29, 1.82) is 0 Å². The van der Waals surface area contributed by atoms with Crippen molar-refractivity contribution >= 4 is 0 Å². The molecule has 18 heavy (non-hydrogen) atoms. The van der Waals surface area contributed by atoms with Gasteiger partial charge in [0.25, 0.3) is 0 Å². The van der Waals surface area contributed by atoms with Gasteiger partial charge in [-0.2, -0.15) is 0 Å². The van der Waals surface area contributed by atoms with E-state index >= 15 is 0 Å². The molecule has 0 radical (unpaired) electrons. The van der Waals surface area contributed by atoms with Crippen molar-refractivity contribution in [2.75, 3.05) is 7.05 Å². The van der Waals surface area contributed by atoms with Crippen LogP contribution in [0.15, 0.2) is 24.3 Å². The van der Waals surface area contributed by atoms with Crippen LogP contribution in [0.3, 0.4) is 0 Å². The molecule has 0 spiro atoms. The van der Waals surface area contributed by atoms with Crippen molar-refractivity contribution in [1.82, 2.24) is 5.32 Å². The molecular formula is C16H26FN. The van der Waals surface area contributed by atoms with E-state index in [4.69, 9.17) is 0 Å². The minimum Gasteiger partial charge on any atom is -0.317 e. The zero-order valence-electron chi connectivity index (χ0n) is 12.0. The maximum Gasteiger partial charge on any atom is 0.123 e. The molecule has 0 bridgehead atoms. The number of benzene rings is 1. The zero-order chi connectivity index (χ0) is 13.5. The fourth-order valence-corrected chi connectivity index (χ4v) is 2.59. The Morgan fingerprint density at radius 3 is 2.17 bits per heavy atom. The monoisotopic (exact) mass is 251 g/mol. The minimum atomic E-state index is -0.159. The third-order valence-electron chi connectivity index (χ3n) is 3.36. The van der Waals surface area contributed by atoms with Crippen molar-refractivity contribution in [2.24, 2.45) is 11.8 Å². The van der Waals surface area contributed by atoms with Crippen molar-refractivity contribution in [3.8, 4) is 0 Å². The van der Waals surface area contributed by atoms with Gasteiger partial charge >= 0.3 is 0 Å². The highest BCUT2D eigenvalue weighted by Gasteiger charge is 2.13. The van der Waals surface area contributed by atoms with Crippen LogP contribution in [-0.2, 0) is 6.42 Å². The lowest BCUT2D eigenvalue weighted by Crippen LogP contribution is -2.29. The Kier molecular flexibility index (Phi) is 6.34. The summed E-state index contributed by atoms with van der Waals surface area (Å²) in [7, 11) is 2.01. The Morgan fingerprint density at radius 1 is 1.06 bits per heavy atom. The van der Waals surface area contributed by atoms with E-state index in [1.807, 2.05) is 19.2 Å². The Labute approximate surface area is 111 Å². The molecule has 1 rings (SSSR count). The molecule has 1 nitrogen and oxygen atoms in total. The number of hydrogen-bond donors (Lipinski definition) is 1. The molecule has 0 aliphatic heterocycles. The smallest absolute Gasteiger partial charge is 0.123 e. The Hall–Kier alpha value is -0.890. The predicted octanol–water partition coefficient (Wildman–Crippen LogP) is 4.03. The molecule has 2 unspecified atom stereocenters. The number of nitrogens with one attached hydrogen (secondary N) is 1. The van der Waals surface area contributed by atoms with Gasteiger partial charge in [-0.3, -0.25) is 0 Å². The second kappa shape index (κ2) is 7.52. The standard InChI is InChI=1S/C16H26FN/c1-12(2)9-13(3)10-16(18-4)11-14-5-7-15(17)8-6-14/h5-8,12-13,16,18H,9-11H2,1-4H3. The number of rotatable bonds is 7. The lowest BCUT2D eigenvalue weighted by molar-refractivity contribution is 0.360. The summed E-state index contributed by atoms with van der Waals surface area (Å²) in [5, 5.41) is 3.38. The molecule has 0 saturated carbocycles. The summed E-state index contributed by atoms with van der Waals surface area (Å²) < 4.78 is 12.8. The molecule has 0 aliphatic carbocycles. The second-order valence-corrected chi connectivity index (χ2v) is 5.79. The molecular weight excluding hydrogens is 225 g/mol. The molecule has 1 N–H and O–H groups in total. The van der Waals surface area contributed by atoms with E-state index < -0.39 is 0 Å². The van der Waals surface area contributed by atoms with Gasteiger partial charge in [-0.15, -0.1) is 0 Å². The topological polar surface area (TPSA) is 12.0 Å². The van der Waals surface area contributed by atoms with Crippen LogP contribution in [0.25, 0.3) is 0 Å². The van der Waals surface area contributed by atoms with Crippen LogP contribution >= 0.6 is 0 Å². The summed E-state index contributed by atoms with van der Waals surface area (Å²) in [6, 6.07) is 7.32. The Morgan fingerprint density at radius 2 is 1.67 bits per heavy atom. The van der Waals surface area contributed by atoms with Crippen LogP contribution in [0.2, 0.25) is 0 Å². The van der Waals surface area contributed by atoms with Crippen LogP contribution in [0.1, 0.15) is 39.2 Å². The molecule has 2 heteroatoms. The molecule has 0 saturated heterocycles. The molecule has 2 atom stereocenters. The molecule has 0 aromatic heterocycles. The SMILES string of the molecule is CNC(Cc1ccc(F)cc1)CC(C)CC(C)C. The van der Waals surface area contributed by atoms with Gasteiger partial charge in [0, 0.05) is 6.04 Å². The van der Waals surface area contributed by atoms with Crippen LogP contribution in [-0.4, -0.2) is 13.1 Å². The third-order valence-corrected chi connectivity index (χ3v) is 3.36. The quantitative estimate of drug-likeness (QED) is 0.771. The van der Waals surface area contributed by atoms with Crippen LogP contribution in [0.4, 0.5) is 4.39 Å². The average molecular weight is 251 g/mol. The van der Waals surface area contributed by atoms with Gasteiger partial charge < -0.3 is 5.32 Å². The highest BCUT2D eigenvalue weighted by molar-refractivity contribution is 5.17. The van der Waals surface area contributed by atoms with Crippen molar-refractivity contribution < 1.29 is 4.39 Å². The summed E-state index contributed by atoms with van der Waals surface area (Å²) in [6.07, 6.45) is 3.41. The number of likely N-dealkylation sites (N-methyl/N-ethyl adjacent to an activating group) is 1. The largest absolute Gasteiger partial charge is 0.317 e. The van der Waals surface area contributed by atoms with Crippen LogP contribution in [0, 0.1) is 17.7 Å². The summed E-state index contributed by atoms with van der Waals surface area (Å²) in [5.74, 6) is 1.32. The first-order chi connectivity index (χ1) is 8.51. The molecule has 0 fully saturated rings. The molecule has 1 aromatic carbocycles. The first kappa shape index (κ1) is 15.2. The van der Waals surface area contributed by atoms with E-state index in [0.29, 0.717) is 6.04 Å². The fraction of sp³-hybridized carbons (Fsp3) is 0.625. The summed E-state index contributed by atoms with van der Waals surface area (Å²) in [5.41, 5.74) is 1.20. The van der Waals surface area contributed by atoms with Crippen molar-refractivity contribution in [3.05, 3.63) is 35.6 Å². The molecule has 0 heterocycles. The summed E-state index contributed by atoms with van der Waals surface area (Å²) in [6.45, 7) is 6.85. The fourth-order valence-electron chi connectivity index (χ4n) is 2.59. The van der Waals surface area contributed by atoms with Crippen molar-refractivity contribution in [2.45, 2.75) is 46.1 Å². The van der Waals surface area contributed by atoms with Gasteiger partial charge in [-0.1, -0.05) is 32.9 Å². The predicted molar refractivity (Wildman–Crippen MR) is 76.2 cm³/mol. The number of hydrogen-bond acceptors (Lipinski definition) is 1. The van der Waals surface area contributed by atoms with Gasteiger partial charge in [0.2, 0.25) is 0 Å². The normalized spacial score (nSPS) is 14.8. The van der Waals surface area contributed by atoms with Gasteiger partial charge in [0.1, 0.15) is 5.82 Å². The second-order valence-electron chi connectivity index (χ2n) is 5.79. The van der Waals surface area contributed by atoms with Gasteiger partial charge in [0.05, 0.1) is 0 Å². The highest BCUT2D eigenvalue weighted by atomic mass is 19.1. The number of halogens is 1.